The van der Waals surface area contributed by atoms with Crippen LogP contribution in [0, 0.1) is 0 Å². The molecule has 72 valence electrons. The van der Waals surface area contributed by atoms with Crippen molar-refractivity contribution in [2.24, 2.45) is 0 Å². The van der Waals surface area contributed by atoms with Crippen LogP contribution in [0.5, 0.6) is 0 Å². The van der Waals surface area contributed by atoms with Crippen molar-refractivity contribution in [2.75, 3.05) is 0 Å². The lowest BCUT2D eigenvalue weighted by Gasteiger charge is -2.27. The Morgan fingerprint density at radius 1 is 1.54 bits per heavy atom. The van der Waals surface area contributed by atoms with Gasteiger partial charge in [0.05, 0.1) is 6.04 Å². The molecule has 1 fully saturated rings. The normalized spacial score (nSPS) is 29.0. The van der Waals surface area contributed by atoms with Crippen LogP contribution in [0.4, 0.5) is 0 Å². The minimum absolute atomic E-state index is 0.0632. The van der Waals surface area contributed by atoms with Crippen molar-refractivity contribution < 1.29 is 4.79 Å². The first-order valence-electron chi connectivity index (χ1n) is 4.79. The van der Waals surface area contributed by atoms with Crippen LogP contribution in [0.15, 0.2) is 24.8 Å². The van der Waals surface area contributed by atoms with Crippen LogP contribution in [0.25, 0.3) is 0 Å². The summed E-state index contributed by atoms with van der Waals surface area (Å²) in [5.41, 5.74) is 0. The Bertz CT molecular complexity index is 220. The average Bonchev–Trinajstić information content (AvgIpc) is 2.15. The van der Waals surface area contributed by atoms with Crippen molar-refractivity contribution in [2.45, 2.75) is 38.3 Å². The molecule has 0 aromatic rings. The number of rotatable bonds is 3. The van der Waals surface area contributed by atoms with E-state index in [0.717, 1.165) is 19.3 Å². The van der Waals surface area contributed by atoms with E-state index in [-0.39, 0.29) is 11.8 Å². The first-order chi connectivity index (χ1) is 6.24. The molecule has 1 rings (SSSR count). The molecule has 0 radical (unpaired) electrons. The molecule has 1 aliphatic rings. The van der Waals surface area contributed by atoms with Gasteiger partial charge in [-0.25, -0.2) is 0 Å². The summed E-state index contributed by atoms with van der Waals surface area (Å²) in [4.78, 5) is 11.1. The van der Waals surface area contributed by atoms with E-state index in [1.807, 2.05) is 6.08 Å². The molecule has 2 atom stereocenters. The highest BCUT2D eigenvalue weighted by atomic mass is 16.1. The fraction of sp³-hybridized carbons (Fsp3) is 0.545. The average molecular weight is 179 g/mol. The summed E-state index contributed by atoms with van der Waals surface area (Å²) in [6.07, 6.45) is 8.99. The van der Waals surface area contributed by atoms with Crippen molar-refractivity contribution in [1.29, 1.82) is 0 Å². The third kappa shape index (κ3) is 3.15. The molecule has 1 N–H and O–H groups in total. The molecule has 1 heterocycles. The number of hydrogen-bond acceptors (Lipinski definition) is 2. The van der Waals surface area contributed by atoms with Crippen molar-refractivity contribution in [3.63, 3.8) is 0 Å². The molecule has 2 unspecified atom stereocenters. The molecule has 0 aliphatic carbocycles. The maximum Gasteiger partial charge on any atom is 0.146 e. The van der Waals surface area contributed by atoms with E-state index in [4.69, 9.17) is 0 Å². The molecule has 1 aliphatic heterocycles. The van der Waals surface area contributed by atoms with E-state index in [0.29, 0.717) is 6.04 Å². The summed E-state index contributed by atoms with van der Waals surface area (Å²) in [5, 5.41) is 3.30. The number of carbonyl (C=O) groups is 1. The van der Waals surface area contributed by atoms with Gasteiger partial charge in [-0.3, -0.25) is 4.79 Å². The molecule has 1 saturated heterocycles. The van der Waals surface area contributed by atoms with Crippen LogP contribution >= 0.6 is 0 Å². The Balaban J connectivity index is 2.46. The van der Waals surface area contributed by atoms with Crippen LogP contribution < -0.4 is 5.32 Å². The van der Waals surface area contributed by atoms with Gasteiger partial charge in [0, 0.05) is 6.04 Å². The first kappa shape index (κ1) is 10.2. The molecular formula is C11H17NO. The predicted octanol–water partition coefficient (Wildman–Crippen LogP) is 1.83. The van der Waals surface area contributed by atoms with Crippen molar-refractivity contribution in [3.8, 4) is 0 Å². The molecule has 2 heteroatoms. The van der Waals surface area contributed by atoms with Crippen LogP contribution in [-0.2, 0) is 4.79 Å². The molecule has 0 saturated carbocycles. The third-order valence-electron chi connectivity index (χ3n) is 2.39. The fourth-order valence-electron chi connectivity index (χ4n) is 1.65. The zero-order chi connectivity index (χ0) is 9.68. The van der Waals surface area contributed by atoms with Crippen molar-refractivity contribution in [1.82, 2.24) is 5.32 Å². The summed E-state index contributed by atoms with van der Waals surface area (Å²) in [6.45, 7) is 5.27. The Hall–Kier alpha value is -0.890. The number of hydrogen-bond donors (Lipinski definition) is 1. The van der Waals surface area contributed by atoms with E-state index in [9.17, 15) is 4.79 Å². The second kappa shape index (κ2) is 4.97. The molecule has 2 nitrogen and oxygen atoms in total. The van der Waals surface area contributed by atoms with Gasteiger partial charge in [0.15, 0.2) is 0 Å². The smallest absolute Gasteiger partial charge is 0.146 e. The molecule has 0 bridgehead atoms. The van der Waals surface area contributed by atoms with Crippen LogP contribution in [0.2, 0.25) is 0 Å². The zero-order valence-corrected chi connectivity index (χ0v) is 8.12. The van der Waals surface area contributed by atoms with Crippen LogP contribution in [-0.4, -0.2) is 17.9 Å². The summed E-state index contributed by atoms with van der Waals surface area (Å²) in [6, 6.07) is 0.411. The monoisotopic (exact) mass is 179 g/mol. The minimum Gasteiger partial charge on any atom is -0.301 e. The molecular weight excluding hydrogens is 162 g/mol. The van der Waals surface area contributed by atoms with Gasteiger partial charge in [-0.2, -0.15) is 0 Å². The predicted molar refractivity (Wildman–Crippen MR) is 54.6 cm³/mol. The van der Waals surface area contributed by atoms with E-state index in [1.54, 1.807) is 13.0 Å². The highest BCUT2D eigenvalue weighted by Gasteiger charge is 2.21. The quantitative estimate of drug-likeness (QED) is 0.670. The number of ketones is 1. The molecule has 0 aromatic carbocycles. The maximum absolute atomic E-state index is 11.1. The Morgan fingerprint density at radius 2 is 2.31 bits per heavy atom. The number of piperidine rings is 1. The summed E-state index contributed by atoms with van der Waals surface area (Å²) in [7, 11) is 0. The van der Waals surface area contributed by atoms with Gasteiger partial charge < -0.3 is 5.32 Å². The topological polar surface area (TPSA) is 29.1 Å². The van der Waals surface area contributed by atoms with E-state index in [2.05, 4.69) is 18.0 Å². The van der Waals surface area contributed by atoms with E-state index < -0.39 is 0 Å². The fourth-order valence-corrected chi connectivity index (χ4v) is 1.65. The standard InChI is InChI=1S/C11H17NO/c1-3-4-6-10-7-5-8-11(12-10)9(2)13/h3-4,6,10-12H,1,5,7-8H2,2H3. The highest BCUT2D eigenvalue weighted by molar-refractivity contribution is 5.81. The number of Topliss-reactive ketones (excluding diaryl/α,β-unsaturated/α-hetero) is 1. The lowest BCUT2D eigenvalue weighted by Crippen LogP contribution is -2.44. The van der Waals surface area contributed by atoms with Crippen LogP contribution in [0.3, 0.4) is 0 Å². The number of carbonyl (C=O) groups excluding carboxylic acids is 1. The Kier molecular flexibility index (Phi) is 3.90. The van der Waals surface area contributed by atoms with Gasteiger partial charge in [-0.05, 0) is 26.2 Å². The number of nitrogens with one attached hydrogen (secondary N) is 1. The van der Waals surface area contributed by atoms with Gasteiger partial charge in [-0.15, -0.1) is 0 Å². The van der Waals surface area contributed by atoms with Gasteiger partial charge in [0.1, 0.15) is 5.78 Å². The maximum atomic E-state index is 11.1. The lowest BCUT2D eigenvalue weighted by atomic mass is 9.96. The largest absolute Gasteiger partial charge is 0.301 e. The number of allylic oxidation sites excluding steroid dienone is 2. The summed E-state index contributed by atoms with van der Waals surface area (Å²) >= 11 is 0. The van der Waals surface area contributed by atoms with Gasteiger partial charge in [0.25, 0.3) is 0 Å². The molecule has 0 aromatic heterocycles. The van der Waals surface area contributed by atoms with E-state index in [1.165, 1.54) is 0 Å². The SMILES string of the molecule is C=CC=CC1CCCC(C(C)=O)N1. The van der Waals surface area contributed by atoms with Gasteiger partial charge in [-0.1, -0.05) is 24.8 Å². The molecule has 0 spiro atoms. The second-order valence-electron chi connectivity index (χ2n) is 3.49. The van der Waals surface area contributed by atoms with Crippen molar-refractivity contribution in [3.05, 3.63) is 24.8 Å². The lowest BCUT2D eigenvalue weighted by molar-refractivity contribution is -0.119. The third-order valence-corrected chi connectivity index (χ3v) is 2.39. The second-order valence-corrected chi connectivity index (χ2v) is 3.49. The van der Waals surface area contributed by atoms with Crippen LogP contribution in [0.1, 0.15) is 26.2 Å². The summed E-state index contributed by atoms with van der Waals surface area (Å²) < 4.78 is 0. The van der Waals surface area contributed by atoms with Gasteiger partial charge in [0.2, 0.25) is 0 Å². The first-order valence-corrected chi connectivity index (χ1v) is 4.79. The van der Waals surface area contributed by atoms with Gasteiger partial charge >= 0.3 is 0 Å². The van der Waals surface area contributed by atoms with E-state index >= 15 is 0 Å². The Labute approximate surface area is 79.7 Å². The summed E-state index contributed by atoms with van der Waals surface area (Å²) in [5.74, 6) is 0.247. The zero-order valence-electron chi connectivity index (χ0n) is 8.12. The minimum atomic E-state index is 0.0632. The Morgan fingerprint density at radius 3 is 2.92 bits per heavy atom. The van der Waals surface area contributed by atoms with Crippen molar-refractivity contribution >= 4 is 5.78 Å². The highest BCUT2D eigenvalue weighted by Crippen LogP contribution is 2.14. The molecule has 0 amide bonds. The molecule has 13 heavy (non-hydrogen) atoms.